The summed E-state index contributed by atoms with van der Waals surface area (Å²) in [6.45, 7) is 6.48. The Morgan fingerprint density at radius 1 is 1.50 bits per heavy atom. The Hall–Kier alpha value is -0.650. The van der Waals surface area contributed by atoms with Crippen LogP contribution in [0.3, 0.4) is 0 Å². The van der Waals surface area contributed by atoms with Gasteiger partial charge in [0.1, 0.15) is 5.54 Å². The minimum absolute atomic E-state index is 0.172. The van der Waals surface area contributed by atoms with E-state index in [0.717, 1.165) is 51.9 Å². The van der Waals surface area contributed by atoms with Gasteiger partial charge in [0.25, 0.3) is 0 Å². The molecule has 3 N–H and O–H groups in total. The van der Waals surface area contributed by atoms with E-state index in [9.17, 15) is 4.79 Å². The summed E-state index contributed by atoms with van der Waals surface area (Å²) < 4.78 is 5.76. The van der Waals surface area contributed by atoms with Crippen molar-refractivity contribution in [3.8, 4) is 0 Å². The largest absolute Gasteiger partial charge is 0.378 e. The highest BCUT2D eigenvalue weighted by Gasteiger charge is 2.46. The van der Waals surface area contributed by atoms with Gasteiger partial charge in [-0.15, -0.1) is 0 Å². The molecule has 2 saturated heterocycles. The van der Waals surface area contributed by atoms with Crippen molar-refractivity contribution in [1.82, 2.24) is 10.2 Å². The Morgan fingerprint density at radius 2 is 2.22 bits per heavy atom. The van der Waals surface area contributed by atoms with Gasteiger partial charge < -0.3 is 15.8 Å². The highest BCUT2D eigenvalue weighted by atomic mass is 16.5. The monoisotopic (exact) mass is 255 g/mol. The van der Waals surface area contributed by atoms with E-state index in [1.165, 1.54) is 0 Å². The summed E-state index contributed by atoms with van der Waals surface area (Å²) in [5.41, 5.74) is 5.26. The molecule has 2 rings (SSSR count). The SMILES string of the molecule is CCCC1CC(C(N)=O)(N2CCNCC2)CCO1. The predicted molar refractivity (Wildman–Crippen MR) is 70.3 cm³/mol. The number of carbonyl (C=O) groups excluding carboxylic acids is 1. The molecule has 104 valence electrons. The lowest BCUT2D eigenvalue weighted by Crippen LogP contribution is -2.65. The van der Waals surface area contributed by atoms with Gasteiger partial charge in [0.15, 0.2) is 0 Å². The van der Waals surface area contributed by atoms with Gasteiger partial charge in [-0.25, -0.2) is 0 Å². The van der Waals surface area contributed by atoms with Crippen LogP contribution in [0, 0.1) is 0 Å². The molecule has 0 radical (unpaired) electrons. The first-order valence-corrected chi connectivity index (χ1v) is 7.06. The van der Waals surface area contributed by atoms with Gasteiger partial charge in [0, 0.05) is 39.2 Å². The van der Waals surface area contributed by atoms with Crippen LogP contribution in [0.2, 0.25) is 0 Å². The van der Waals surface area contributed by atoms with Crippen molar-refractivity contribution in [3.63, 3.8) is 0 Å². The maximum atomic E-state index is 12.0. The van der Waals surface area contributed by atoms with E-state index in [1.54, 1.807) is 0 Å². The smallest absolute Gasteiger partial charge is 0.238 e. The van der Waals surface area contributed by atoms with Crippen LogP contribution in [0.25, 0.3) is 0 Å². The van der Waals surface area contributed by atoms with Gasteiger partial charge in [0.05, 0.1) is 6.10 Å². The lowest BCUT2D eigenvalue weighted by Gasteiger charge is -2.47. The first kappa shape index (κ1) is 13.8. The number of nitrogens with two attached hydrogens (primary N) is 1. The summed E-state index contributed by atoms with van der Waals surface area (Å²) in [6, 6.07) is 0. The fourth-order valence-corrected chi connectivity index (χ4v) is 3.20. The standard InChI is InChI=1S/C13H25N3O2/c1-2-3-11-10-13(12(14)17,4-9-18-11)16-7-5-15-6-8-16/h11,15H,2-10H2,1H3,(H2,14,17). The summed E-state index contributed by atoms with van der Waals surface area (Å²) >= 11 is 0. The molecule has 0 aliphatic carbocycles. The van der Waals surface area contributed by atoms with Gasteiger partial charge in [-0.2, -0.15) is 0 Å². The van der Waals surface area contributed by atoms with E-state index in [4.69, 9.17) is 10.5 Å². The van der Waals surface area contributed by atoms with Gasteiger partial charge in [-0.3, -0.25) is 9.69 Å². The number of hydrogen-bond donors (Lipinski definition) is 2. The van der Waals surface area contributed by atoms with E-state index in [-0.39, 0.29) is 12.0 Å². The number of carbonyl (C=O) groups is 1. The molecule has 5 heteroatoms. The number of ether oxygens (including phenoxy) is 1. The fourth-order valence-electron chi connectivity index (χ4n) is 3.20. The third-order valence-corrected chi connectivity index (χ3v) is 4.23. The van der Waals surface area contributed by atoms with Crippen molar-refractivity contribution in [2.75, 3.05) is 32.8 Å². The van der Waals surface area contributed by atoms with Gasteiger partial charge in [-0.1, -0.05) is 13.3 Å². The molecule has 2 heterocycles. The Bertz CT molecular complexity index is 290. The second-order valence-corrected chi connectivity index (χ2v) is 5.37. The summed E-state index contributed by atoms with van der Waals surface area (Å²) in [6.07, 6.45) is 3.78. The topological polar surface area (TPSA) is 67.6 Å². The normalized spacial score (nSPS) is 34.4. The predicted octanol–water partition coefficient (Wildman–Crippen LogP) is 0.0948. The van der Waals surface area contributed by atoms with E-state index in [1.807, 2.05) is 0 Å². The molecule has 0 aromatic heterocycles. The van der Waals surface area contributed by atoms with E-state index in [0.29, 0.717) is 6.61 Å². The van der Waals surface area contributed by atoms with Crippen LogP contribution in [-0.4, -0.2) is 55.2 Å². The number of rotatable bonds is 4. The molecule has 0 aromatic carbocycles. The third kappa shape index (κ3) is 2.68. The number of primary amides is 1. The van der Waals surface area contributed by atoms with Gasteiger partial charge >= 0.3 is 0 Å². The quantitative estimate of drug-likeness (QED) is 0.747. The summed E-state index contributed by atoms with van der Waals surface area (Å²) in [5.74, 6) is -0.172. The second-order valence-electron chi connectivity index (χ2n) is 5.37. The van der Waals surface area contributed by atoms with Crippen molar-refractivity contribution in [3.05, 3.63) is 0 Å². The number of nitrogens with one attached hydrogen (secondary N) is 1. The van der Waals surface area contributed by atoms with Crippen LogP contribution in [0.1, 0.15) is 32.6 Å². The lowest BCUT2D eigenvalue weighted by atomic mass is 9.82. The average Bonchev–Trinajstić information content (AvgIpc) is 2.40. The molecular formula is C13H25N3O2. The Labute approximate surface area is 109 Å². The zero-order valence-corrected chi connectivity index (χ0v) is 11.3. The maximum Gasteiger partial charge on any atom is 0.238 e. The molecule has 5 nitrogen and oxygen atoms in total. The summed E-state index contributed by atoms with van der Waals surface area (Å²) in [5, 5.41) is 3.32. The Kier molecular flexibility index (Phi) is 4.59. The van der Waals surface area contributed by atoms with Crippen LogP contribution < -0.4 is 11.1 Å². The van der Waals surface area contributed by atoms with Crippen molar-refractivity contribution in [2.24, 2.45) is 5.73 Å². The van der Waals surface area contributed by atoms with Crippen LogP contribution in [0.15, 0.2) is 0 Å². The van der Waals surface area contributed by atoms with E-state index in [2.05, 4.69) is 17.1 Å². The first-order valence-electron chi connectivity index (χ1n) is 7.06. The van der Waals surface area contributed by atoms with E-state index < -0.39 is 5.54 Å². The number of amides is 1. The van der Waals surface area contributed by atoms with Gasteiger partial charge in [-0.05, 0) is 12.8 Å². The molecule has 0 spiro atoms. The van der Waals surface area contributed by atoms with Crippen molar-refractivity contribution in [2.45, 2.75) is 44.2 Å². The zero-order chi connectivity index (χ0) is 13.0. The first-order chi connectivity index (χ1) is 8.69. The van der Waals surface area contributed by atoms with Crippen molar-refractivity contribution < 1.29 is 9.53 Å². The maximum absolute atomic E-state index is 12.0. The number of piperazine rings is 1. The van der Waals surface area contributed by atoms with Crippen LogP contribution >= 0.6 is 0 Å². The van der Waals surface area contributed by atoms with Crippen LogP contribution in [0.4, 0.5) is 0 Å². The molecule has 2 atom stereocenters. The third-order valence-electron chi connectivity index (χ3n) is 4.23. The van der Waals surface area contributed by atoms with Crippen molar-refractivity contribution >= 4 is 5.91 Å². The van der Waals surface area contributed by atoms with E-state index >= 15 is 0 Å². The molecule has 2 aliphatic rings. The highest BCUT2D eigenvalue weighted by molar-refractivity contribution is 5.85. The molecule has 0 bridgehead atoms. The second kappa shape index (κ2) is 5.99. The lowest BCUT2D eigenvalue weighted by molar-refractivity contribution is -0.143. The molecule has 2 aliphatic heterocycles. The molecule has 18 heavy (non-hydrogen) atoms. The summed E-state index contributed by atoms with van der Waals surface area (Å²) in [4.78, 5) is 14.3. The average molecular weight is 255 g/mol. The minimum atomic E-state index is -0.472. The molecule has 0 saturated carbocycles. The zero-order valence-electron chi connectivity index (χ0n) is 11.3. The highest BCUT2D eigenvalue weighted by Crippen LogP contribution is 2.32. The number of hydrogen-bond acceptors (Lipinski definition) is 4. The molecule has 2 fully saturated rings. The number of nitrogens with zero attached hydrogens (tertiary/aromatic N) is 1. The van der Waals surface area contributed by atoms with Crippen LogP contribution in [0.5, 0.6) is 0 Å². The van der Waals surface area contributed by atoms with Crippen molar-refractivity contribution in [1.29, 1.82) is 0 Å². The Morgan fingerprint density at radius 3 is 2.83 bits per heavy atom. The summed E-state index contributed by atoms with van der Waals surface area (Å²) in [7, 11) is 0. The fraction of sp³-hybridized carbons (Fsp3) is 0.923. The molecule has 2 unspecified atom stereocenters. The van der Waals surface area contributed by atoms with Crippen LogP contribution in [-0.2, 0) is 9.53 Å². The Balaban J connectivity index is 2.12. The molecule has 0 aromatic rings. The molecular weight excluding hydrogens is 230 g/mol. The molecule has 1 amide bonds. The minimum Gasteiger partial charge on any atom is -0.378 e. The van der Waals surface area contributed by atoms with Gasteiger partial charge in [0.2, 0.25) is 5.91 Å².